The summed E-state index contributed by atoms with van der Waals surface area (Å²) in [6.07, 6.45) is 3.89. The van der Waals surface area contributed by atoms with E-state index in [4.69, 9.17) is 9.72 Å². The lowest BCUT2D eigenvalue weighted by Gasteiger charge is -2.27. The molecule has 0 aliphatic carbocycles. The average molecular weight is 382 g/mol. The molecule has 1 fully saturated rings. The SMILES string of the molecule is Cc1cccc(C)c1-c1cc(OC2CNC2)nc(NSc2cnn(C)c2)n1. The third kappa shape index (κ3) is 4.06. The lowest BCUT2D eigenvalue weighted by atomic mass is 10.00. The number of benzene rings is 1. The zero-order valence-corrected chi connectivity index (χ0v) is 16.4. The number of anilines is 1. The molecule has 3 heterocycles. The summed E-state index contributed by atoms with van der Waals surface area (Å²) in [5, 5.41) is 7.39. The normalized spacial score (nSPS) is 14.0. The van der Waals surface area contributed by atoms with Gasteiger partial charge in [0.25, 0.3) is 0 Å². The smallest absolute Gasteiger partial charge is 0.237 e. The van der Waals surface area contributed by atoms with Crippen LogP contribution in [0.5, 0.6) is 5.88 Å². The first-order valence-corrected chi connectivity index (χ1v) is 9.64. The highest BCUT2D eigenvalue weighted by Gasteiger charge is 2.20. The maximum Gasteiger partial charge on any atom is 0.237 e. The largest absolute Gasteiger partial charge is 0.471 e. The zero-order valence-electron chi connectivity index (χ0n) is 15.6. The van der Waals surface area contributed by atoms with Crippen LogP contribution in [-0.4, -0.2) is 38.9 Å². The zero-order chi connectivity index (χ0) is 18.8. The molecule has 4 rings (SSSR count). The molecule has 0 spiro atoms. The molecule has 1 aromatic carbocycles. The van der Waals surface area contributed by atoms with Crippen molar-refractivity contribution in [2.45, 2.75) is 24.8 Å². The van der Waals surface area contributed by atoms with Gasteiger partial charge >= 0.3 is 0 Å². The van der Waals surface area contributed by atoms with Crippen LogP contribution in [0.15, 0.2) is 41.6 Å². The van der Waals surface area contributed by atoms with Crippen molar-refractivity contribution in [2.24, 2.45) is 7.05 Å². The van der Waals surface area contributed by atoms with Crippen molar-refractivity contribution in [3.8, 4) is 17.1 Å². The van der Waals surface area contributed by atoms with Crippen LogP contribution >= 0.6 is 11.9 Å². The van der Waals surface area contributed by atoms with E-state index in [-0.39, 0.29) is 6.10 Å². The van der Waals surface area contributed by atoms with Gasteiger partial charge in [0.1, 0.15) is 6.10 Å². The summed E-state index contributed by atoms with van der Waals surface area (Å²) in [6, 6.07) is 8.18. The summed E-state index contributed by atoms with van der Waals surface area (Å²) < 4.78 is 11.0. The van der Waals surface area contributed by atoms with E-state index in [1.807, 2.05) is 19.3 Å². The molecule has 8 heteroatoms. The Bertz CT molecular complexity index is 933. The van der Waals surface area contributed by atoms with Crippen molar-refractivity contribution in [3.05, 3.63) is 47.8 Å². The van der Waals surface area contributed by atoms with E-state index in [9.17, 15) is 0 Å². The van der Waals surface area contributed by atoms with E-state index >= 15 is 0 Å². The van der Waals surface area contributed by atoms with Gasteiger partial charge < -0.3 is 10.1 Å². The molecular formula is C19H22N6OS. The number of rotatable bonds is 6. The fourth-order valence-corrected chi connectivity index (χ4v) is 3.56. The molecule has 2 N–H and O–H groups in total. The Morgan fingerprint density at radius 2 is 2.00 bits per heavy atom. The van der Waals surface area contributed by atoms with Crippen molar-refractivity contribution in [1.29, 1.82) is 0 Å². The first-order valence-electron chi connectivity index (χ1n) is 8.83. The van der Waals surface area contributed by atoms with Crippen molar-refractivity contribution in [1.82, 2.24) is 25.1 Å². The molecule has 0 bridgehead atoms. The van der Waals surface area contributed by atoms with Crippen molar-refractivity contribution in [2.75, 3.05) is 17.8 Å². The maximum atomic E-state index is 6.01. The molecule has 0 unspecified atom stereocenters. The summed E-state index contributed by atoms with van der Waals surface area (Å²) in [6.45, 7) is 5.88. The molecule has 27 heavy (non-hydrogen) atoms. The van der Waals surface area contributed by atoms with E-state index in [0.29, 0.717) is 11.8 Å². The van der Waals surface area contributed by atoms with Crippen LogP contribution in [0.4, 0.5) is 5.95 Å². The highest BCUT2D eigenvalue weighted by molar-refractivity contribution is 8.00. The van der Waals surface area contributed by atoms with Crippen molar-refractivity contribution in [3.63, 3.8) is 0 Å². The Hall–Kier alpha value is -2.58. The lowest BCUT2D eigenvalue weighted by Crippen LogP contribution is -2.50. The van der Waals surface area contributed by atoms with Gasteiger partial charge in [-0.25, -0.2) is 4.98 Å². The lowest BCUT2D eigenvalue weighted by molar-refractivity contribution is 0.136. The van der Waals surface area contributed by atoms with Crippen LogP contribution in [0.3, 0.4) is 0 Å². The van der Waals surface area contributed by atoms with Gasteiger partial charge in [-0.2, -0.15) is 10.1 Å². The molecule has 0 radical (unpaired) electrons. The van der Waals surface area contributed by atoms with Crippen LogP contribution in [0.1, 0.15) is 11.1 Å². The Morgan fingerprint density at radius 3 is 2.63 bits per heavy atom. The molecule has 1 aliphatic rings. The monoisotopic (exact) mass is 382 g/mol. The van der Waals surface area contributed by atoms with Gasteiger partial charge in [-0.05, 0) is 36.9 Å². The molecule has 0 amide bonds. The molecule has 7 nitrogen and oxygen atoms in total. The molecular weight excluding hydrogens is 360 g/mol. The Kier molecular flexibility index (Phi) is 5.00. The fourth-order valence-electron chi connectivity index (χ4n) is 2.95. The number of ether oxygens (including phenoxy) is 1. The molecule has 1 saturated heterocycles. The Labute approximate surface area is 162 Å². The number of aromatic nitrogens is 4. The second-order valence-electron chi connectivity index (χ2n) is 6.63. The number of aryl methyl sites for hydroxylation is 3. The van der Waals surface area contributed by atoms with Gasteiger partial charge in [-0.1, -0.05) is 18.2 Å². The number of nitrogens with one attached hydrogen (secondary N) is 2. The second-order valence-corrected chi connectivity index (χ2v) is 7.51. The number of hydrogen-bond acceptors (Lipinski definition) is 7. The standard InChI is InChI=1S/C19H22N6OS/c1-12-5-4-6-13(2)18(12)16-7-17(26-14-8-20-9-14)23-19(22-16)24-27-15-10-21-25(3)11-15/h4-7,10-11,14,20H,8-9H2,1-3H3,(H,22,23,24). The molecule has 0 atom stereocenters. The molecule has 1 aliphatic heterocycles. The van der Waals surface area contributed by atoms with Gasteiger partial charge in [0.2, 0.25) is 11.8 Å². The summed E-state index contributed by atoms with van der Waals surface area (Å²) in [7, 11) is 1.89. The molecule has 0 saturated carbocycles. The van der Waals surface area contributed by atoms with E-state index in [2.05, 4.69) is 52.2 Å². The summed E-state index contributed by atoms with van der Waals surface area (Å²) in [4.78, 5) is 10.3. The highest BCUT2D eigenvalue weighted by atomic mass is 32.2. The van der Waals surface area contributed by atoms with Crippen LogP contribution in [0.25, 0.3) is 11.3 Å². The minimum Gasteiger partial charge on any atom is -0.471 e. The van der Waals surface area contributed by atoms with Crippen molar-refractivity contribution >= 4 is 17.9 Å². The topological polar surface area (TPSA) is 76.9 Å². The number of nitrogens with zero attached hydrogens (tertiary/aromatic N) is 4. The van der Waals surface area contributed by atoms with E-state index in [1.165, 1.54) is 23.1 Å². The Balaban J connectivity index is 1.65. The summed E-state index contributed by atoms with van der Waals surface area (Å²) >= 11 is 1.43. The molecule has 2 aromatic heterocycles. The third-order valence-corrected chi connectivity index (χ3v) is 5.14. The highest BCUT2D eigenvalue weighted by Crippen LogP contribution is 2.30. The Morgan fingerprint density at radius 1 is 1.22 bits per heavy atom. The van der Waals surface area contributed by atoms with Crippen LogP contribution < -0.4 is 14.8 Å². The van der Waals surface area contributed by atoms with Gasteiger partial charge in [0.15, 0.2) is 0 Å². The molecule has 3 aromatic rings. The minimum atomic E-state index is 0.157. The summed E-state index contributed by atoms with van der Waals surface area (Å²) in [5.41, 5.74) is 4.33. The maximum absolute atomic E-state index is 6.01. The fraction of sp³-hybridized carbons (Fsp3) is 0.316. The van der Waals surface area contributed by atoms with Crippen LogP contribution in [-0.2, 0) is 7.05 Å². The van der Waals surface area contributed by atoms with E-state index in [1.54, 1.807) is 10.9 Å². The van der Waals surface area contributed by atoms with Gasteiger partial charge in [0, 0.05) is 38.0 Å². The minimum absolute atomic E-state index is 0.157. The van der Waals surface area contributed by atoms with Crippen LogP contribution in [0.2, 0.25) is 0 Å². The van der Waals surface area contributed by atoms with Gasteiger partial charge in [0.05, 0.1) is 16.8 Å². The summed E-state index contributed by atoms with van der Waals surface area (Å²) in [5.74, 6) is 1.11. The predicted molar refractivity (Wildman–Crippen MR) is 107 cm³/mol. The van der Waals surface area contributed by atoms with Gasteiger partial charge in [-0.15, -0.1) is 0 Å². The average Bonchev–Trinajstić information content (AvgIpc) is 3.02. The predicted octanol–water partition coefficient (Wildman–Crippen LogP) is 2.96. The number of hydrogen-bond donors (Lipinski definition) is 2. The first kappa shape index (κ1) is 17.8. The molecule has 140 valence electrons. The van der Waals surface area contributed by atoms with Gasteiger partial charge in [-0.3, -0.25) is 9.40 Å². The quantitative estimate of drug-likeness (QED) is 0.635. The van der Waals surface area contributed by atoms with E-state index < -0.39 is 0 Å². The van der Waals surface area contributed by atoms with Crippen LogP contribution in [0, 0.1) is 13.8 Å². The van der Waals surface area contributed by atoms with Crippen molar-refractivity contribution < 1.29 is 4.74 Å². The first-order chi connectivity index (χ1) is 13.1. The second kappa shape index (κ2) is 7.58. The third-order valence-electron chi connectivity index (χ3n) is 4.41. The van der Waals surface area contributed by atoms with E-state index in [0.717, 1.165) is 29.2 Å².